The Morgan fingerprint density at radius 3 is 2.22 bits per heavy atom. The molecule has 1 aliphatic heterocycles. The van der Waals surface area contributed by atoms with Gasteiger partial charge in [-0.25, -0.2) is 0 Å². The Labute approximate surface area is 273 Å². The van der Waals surface area contributed by atoms with Gasteiger partial charge in [-0.15, -0.1) is 11.6 Å². The first kappa shape index (κ1) is 32.7. The molecule has 0 aliphatic carbocycles. The summed E-state index contributed by atoms with van der Waals surface area (Å²) in [5.74, 6) is -0.432. The normalized spacial score (nSPS) is 13.5. The zero-order chi connectivity index (χ0) is 32.3. The quantitative estimate of drug-likeness (QED) is 0.183. The summed E-state index contributed by atoms with van der Waals surface area (Å²) >= 11 is 5.92. The molecule has 46 heavy (non-hydrogen) atoms. The molecule has 1 saturated heterocycles. The number of morpholine rings is 1. The second-order valence-electron chi connectivity index (χ2n) is 10.9. The number of rotatable bonds is 13. The number of nitrogens with one attached hydrogen (secondary N) is 3. The third-order valence-electron chi connectivity index (χ3n) is 7.58. The Bertz CT molecular complexity index is 1660. The molecule has 4 heterocycles. The van der Waals surface area contributed by atoms with Gasteiger partial charge >= 0.3 is 0 Å². The van der Waals surface area contributed by atoms with E-state index in [-0.39, 0.29) is 17.7 Å². The van der Waals surface area contributed by atoms with E-state index in [1.165, 1.54) is 0 Å². The highest BCUT2D eigenvalue weighted by Gasteiger charge is 2.19. The van der Waals surface area contributed by atoms with Gasteiger partial charge in [-0.3, -0.25) is 24.3 Å². The first-order chi connectivity index (χ1) is 22.4. The molecule has 240 valence electrons. The molecule has 0 bridgehead atoms. The number of hydrogen-bond donors (Lipinski definition) is 3. The minimum atomic E-state index is -0.373. The molecular formula is C34H38ClN7O4. The van der Waals surface area contributed by atoms with Gasteiger partial charge in [0.1, 0.15) is 11.4 Å². The highest BCUT2D eigenvalue weighted by Crippen LogP contribution is 2.20. The number of aromatic nitrogens is 3. The van der Waals surface area contributed by atoms with Crippen LogP contribution in [0.1, 0.15) is 48.9 Å². The fraction of sp³-hybridized carbons (Fsp3) is 0.294. The predicted octanol–water partition coefficient (Wildman–Crippen LogP) is 4.59. The highest BCUT2D eigenvalue weighted by atomic mass is 35.5. The van der Waals surface area contributed by atoms with Gasteiger partial charge in [0.25, 0.3) is 17.7 Å². The van der Waals surface area contributed by atoms with E-state index in [0.717, 1.165) is 30.8 Å². The largest absolute Gasteiger partial charge is 0.379 e. The number of anilines is 2. The van der Waals surface area contributed by atoms with Crippen LogP contribution >= 0.6 is 11.6 Å². The Morgan fingerprint density at radius 2 is 1.50 bits per heavy atom. The summed E-state index contributed by atoms with van der Waals surface area (Å²) in [6.07, 6.45) is 11.5. The minimum Gasteiger partial charge on any atom is -0.379 e. The number of benzene rings is 1. The molecule has 0 atom stereocenters. The first-order valence-electron chi connectivity index (χ1n) is 15.2. The molecule has 1 aliphatic rings. The molecule has 0 saturated carbocycles. The van der Waals surface area contributed by atoms with Crippen molar-refractivity contribution in [2.45, 2.75) is 13.0 Å². The molecule has 0 spiro atoms. The molecule has 0 radical (unpaired) electrons. The predicted molar refractivity (Wildman–Crippen MR) is 180 cm³/mol. The standard InChI is InChI=1S/C34H38ClN7O4/c1-40-23-28(38-32(43)27-7-5-25(6-8-27)3-4-26-9-12-36-13-10-26)21-30(40)34(45)39-29-22-31(42(24-29)15-2-11-35)33(44)37-14-16-41-17-19-46-20-18-41/h3-10,12-13,21-24H,2,11,14-20H2,1H3,(H,37,44)(H,38,43)(H,39,45)/b4-3+. The number of aryl methyl sites for hydroxylation is 2. The topological polar surface area (TPSA) is 123 Å². The molecule has 3 aromatic heterocycles. The van der Waals surface area contributed by atoms with E-state index in [0.29, 0.717) is 66.9 Å². The number of alkyl halides is 1. The van der Waals surface area contributed by atoms with E-state index in [9.17, 15) is 14.4 Å². The van der Waals surface area contributed by atoms with Crippen molar-refractivity contribution in [2.75, 3.05) is 55.9 Å². The molecule has 1 aromatic carbocycles. The maximum absolute atomic E-state index is 13.3. The van der Waals surface area contributed by atoms with Gasteiger partial charge in [-0.1, -0.05) is 24.3 Å². The van der Waals surface area contributed by atoms with Gasteiger partial charge in [-0.2, -0.15) is 0 Å². The molecule has 4 aromatic rings. The van der Waals surface area contributed by atoms with Crippen LogP contribution in [-0.4, -0.2) is 82.0 Å². The number of hydrogen-bond acceptors (Lipinski definition) is 6. The molecule has 12 heteroatoms. The van der Waals surface area contributed by atoms with Gasteiger partial charge in [0, 0.05) is 76.0 Å². The lowest BCUT2D eigenvalue weighted by Crippen LogP contribution is -2.41. The van der Waals surface area contributed by atoms with Gasteiger partial charge in [0.2, 0.25) is 0 Å². The van der Waals surface area contributed by atoms with E-state index in [1.807, 2.05) is 36.4 Å². The van der Waals surface area contributed by atoms with E-state index in [4.69, 9.17) is 16.3 Å². The average Bonchev–Trinajstić information content (AvgIpc) is 3.66. The van der Waals surface area contributed by atoms with Crippen LogP contribution < -0.4 is 16.0 Å². The number of carbonyl (C=O) groups is 3. The fourth-order valence-electron chi connectivity index (χ4n) is 5.10. The lowest BCUT2D eigenvalue weighted by atomic mass is 10.1. The third-order valence-corrected chi connectivity index (χ3v) is 7.85. The van der Waals surface area contributed by atoms with Crippen molar-refractivity contribution in [1.82, 2.24) is 24.3 Å². The number of nitrogens with zero attached hydrogens (tertiary/aromatic N) is 4. The van der Waals surface area contributed by atoms with Crippen molar-refractivity contribution in [3.8, 4) is 0 Å². The Morgan fingerprint density at radius 1 is 0.848 bits per heavy atom. The first-order valence-corrected chi connectivity index (χ1v) is 15.7. The van der Waals surface area contributed by atoms with Crippen LogP contribution in [0.5, 0.6) is 0 Å². The summed E-state index contributed by atoms with van der Waals surface area (Å²) < 4.78 is 8.83. The fourth-order valence-corrected chi connectivity index (χ4v) is 5.22. The summed E-state index contributed by atoms with van der Waals surface area (Å²) in [5.41, 5.74) is 4.24. The summed E-state index contributed by atoms with van der Waals surface area (Å²) in [6, 6.07) is 14.4. The zero-order valence-electron chi connectivity index (χ0n) is 25.7. The monoisotopic (exact) mass is 643 g/mol. The average molecular weight is 644 g/mol. The lowest BCUT2D eigenvalue weighted by molar-refractivity contribution is 0.0383. The number of halogens is 1. The second-order valence-corrected chi connectivity index (χ2v) is 11.3. The van der Waals surface area contributed by atoms with Gasteiger partial charge < -0.3 is 29.8 Å². The molecule has 0 unspecified atom stereocenters. The highest BCUT2D eigenvalue weighted by molar-refractivity contribution is 6.17. The summed E-state index contributed by atoms with van der Waals surface area (Å²) in [6.45, 7) is 4.88. The number of carbonyl (C=O) groups excluding carboxylic acids is 3. The SMILES string of the molecule is Cn1cc(NC(=O)c2ccc(/C=C/c3ccncc3)cc2)cc1C(=O)Nc1cc(C(=O)NCCN2CCOCC2)n(CCCCl)c1. The van der Waals surface area contributed by atoms with Crippen LogP contribution in [0.4, 0.5) is 11.4 Å². The van der Waals surface area contributed by atoms with Crippen LogP contribution in [0.15, 0.2) is 73.3 Å². The zero-order valence-corrected chi connectivity index (χ0v) is 26.5. The van der Waals surface area contributed by atoms with Crippen molar-refractivity contribution in [3.05, 3.63) is 101 Å². The van der Waals surface area contributed by atoms with E-state index < -0.39 is 0 Å². The van der Waals surface area contributed by atoms with E-state index in [1.54, 1.807) is 65.2 Å². The smallest absolute Gasteiger partial charge is 0.272 e. The lowest BCUT2D eigenvalue weighted by Gasteiger charge is -2.26. The molecule has 1 fully saturated rings. The second kappa shape index (κ2) is 16.0. The Balaban J connectivity index is 1.19. The van der Waals surface area contributed by atoms with Gasteiger partial charge in [0.05, 0.1) is 24.6 Å². The van der Waals surface area contributed by atoms with Crippen molar-refractivity contribution in [2.24, 2.45) is 7.05 Å². The van der Waals surface area contributed by atoms with Gasteiger partial charge in [0.15, 0.2) is 0 Å². The van der Waals surface area contributed by atoms with Crippen LogP contribution in [0.3, 0.4) is 0 Å². The summed E-state index contributed by atoms with van der Waals surface area (Å²) in [7, 11) is 1.73. The Kier molecular flexibility index (Phi) is 11.4. The van der Waals surface area contributed by atoms with Crippen LogP contribution in [0, 0.1) is 0 Å². The number of ether oxygens (including phenoxy) is 1. The molecule has 5 rings (SSSR count). The maximum Gasteiger partial charge on any atom is 0.272 e. The molecular weight excluding hydrogens is 606 g/mol. The third kappa shape index (κ3) is 8.94. The van der Waals surface area contributed by atoms with Crippen molar-refractivity contribution in [1.29, 1.82) is 0 Å². The summed E-state index contributed by atoms with van der Waals surface area (Å²) in [4.78, 5) is 45.5. The minimum absolute atomic E-state index is 0.218. The summed E-state index contributed by atoms with van der Waals surface area (Å²) in [5, 5.41) is 8.74. The van der Waals surface area contributed by atoms with Crippen LogP contribution in [0.25, 0.3) is 12.2 Å². The van der Waals surface area contributed by atoms with Crippen LogP contribution in [0.2, 0.25) is 0 Å². The van der Waals surface area contributed by atoms with Crippen LogP contribution in [-0.2, 0) is 18.3 Å². The number of amides is 3. The van der Waals surface area contributed by atoms with Crippen molar-refractivity contribution in [3.63, 3.8) is 0 Å². The molecule has 3 amide bonds. The Hall–Kier alpha value is -4.71. The van der Waals surface area contributed by atoms with E-state index in [2.05, 4.69) is 25.8 Å². The molecule has 3 N–H and O–H groups in total. The van der Waals surface area contributed by atoms with Gasteiger partial charge in [-0.05, 0) is 53.9 Å². The maximum atomic E-state index is 13.3. The van der Waals surface area contributed by atoms with Crippen molar-refractivity contribution < 1.29 is 19.1 Å². The number of pyridine rings is 1. The molecule has 11 nitrogen and oxygen atoms in total. The van der Waals surface area contributed by atoms with Crippen molar-refractivity contribution >= 4 is 52.8 Å². The van der Waals surface area contributed by atoms with E-state index >= 15 is 0 Å².